The van der Waals surface area contributed by atoms with Crippen LogP contribution in [0, 0.1) is 0 Å². The minimum absolute atomic E-state index is 0.208. The van der Waals surface area contributed by atoms with E-state index in [1.54, 1.807) is 0 Å². The molecular weight excluding hydrogens is 340 g/mol. The number of benzene rings is 2. The van der Waals surface area contributed by atoms with Crippen LogP contribution in [-0.2, 0) is 11.2 Å². The van der Waals surface area contributed by atoms with E-state index in [1.165, 1.54) is 5.69 Å². The maximum absolute atomic E-state index is 12.4. The van der Waals surface area contributed by atoms with Crippen LogP contribution >= 0.6 is 15.9 Å². The van der Waals surface area contributed by atoms with E-state index in [4.69, 9.17) is 0 Å². The van der Waals surface area contributed by atoms with Crippen LogP contribution < -0.4 is 4.90 Å². The lowest BCUT2D eigenvalue weighted by Gasteiger charge is -2.36. The van der Waals surface area contributed by atoms with Crippen LogP contribution in [0.1, 0.15) is 5.56 Å². The fraction of sp³-hybridized carbons (Fsp3) is 0.278. The van der Waals surface area contributed by atoms with Gasteiger partial charge in [0, 0.05) is 36.3 Å². The monoisotopic (exact) mass is 358 g/mol. The molecule has 1 heterocycles. The molecule has 0 radical (unpaired) electrons. The first-order valence-corrected chi connectivity index (χ1v) is 8.34. The molecule has 4 heteroatoms. The van der Waals surface area contributed by atoms with Crippen LogP contribution in [-0.4, -0.2) is 37.0 Å². The average molecular weight is 359 g/mol. The molecule has 0 bridgehead atoms. The van der Waals surface area contributed by atoms with Crippen molar-refractivity contribution in [1.29, 1.82) is 0 Å². The third-order valence-electron chi connectivity index (χ3n) is 4.05. The second-order valence-corrected chi connectivity index (χ2v) is 6.33. The van der Waals surface area contributed by atoms with Gasteiger partial charge >= 0.3 is 0 Å². The third kappa shape index (κ3) is 3.50. The Hall–Kier alpha value is -1.81. The number of halogens is 1. The molecule has 3 nitrogen and oxygen atoms in total. The summed E-state index contributed by atoms with van der Waals surface area (Å²) in [4.78, 5) is 16.8. The standard InChI is InChI=1S/C18H19BrN2O/c19-17-9-5-4-6-15(17)14-18(22)21-12-10-20(11-13-21)16-7-2-1-3-8-16/h1-9H,10-14H2. The normalized spacial score (nSPS) is 15.0. The Morgan fingerprint density at radius 1 is 0.909 bits per heavy atom. The Kier molecular flexibility index (Phi) is 4.78. The van der Waals surface area contributed by atoms with Gasteiger partial charge in [0.15, 0.2) is 0 Å². The highest BCUT2D eigenvalue weighted by Gasteiger charge is 2.21. The number of amides is 1. The number of carbonyl (C=O) groups is 1. The van der Waals surface area contributed by atoms with Crippen LogP contribution in [0.4, 0.5) is 5.69 Å². The largest absolute Gasteiger partial charge is 0.368 e. The van der Waals surface area contributed by atoms with Gasteiger partial charge in [-0.25, -0.2) is 0 Å². The van der Waals surface area contributed by atoms with Crippen molar-refractivity contribution in [1.82, 2.24) is 4.90 Å². The van der Waals surface area contributed by atoms with E-state index >= 15 is 0 Å². The zero-order chi connectivity index (χ0) is 15.4. The van der Waals surface area contributed by atoms with Crippen molar-refractivity contribution in [3.63, 3.8) is 0 Å². The summed E-state index contributed by atoms with van der Waals surface area (Å²) in [6.45, 7) is 3.37. The fourth-order valence-corrected chi connectivity index (χ4v) is 3.19. The van der Waals surface area contributed by atoms with E-state index in [1.807, 2.05) is 35.2 Å². The number of rotatable bonds is 3. The van der Waals surface area contributed by atoms with Crippen molar-refractivity contribution < 1.29 is 4.79 Å². The third-order valence-corrected chi connectivity index (χ3v) is 4.83. The van der Waals surface area contributed by atoms with Crippen molar-refractivity contribution in [2.75, 3.05) is 31.1 Å². The van der Waals surface area contributed by atoms with E-state index in [0.29, 0.717) is 6.42 Å². The summed E-state index contributed by atoms with van der Waals surface area (Å²) in [6, 6.07) is 18.3. The summed E-state index contributed by atoms with van der Waals surface area (Å²) < 4.78 is 1.01. The second kappa shape index (κ2) is 6.97. The Bertz CT molecular complexity index is 637. The molecule has 1 aliphatic heterocycles. The summed E-state index contributed by atoms with van der Waals surface area (Å²) in [5.74, 6) is 0.208. The van der Waals surface area contributed by atoms with E-state index < -0.39 is 0 Å². The molecule has 1 aliphatic rings. The topological polar surface area (TPSA) is 23.6 Å². The number of para-hydroxylation sites is 1. The van der Waals surface area contributed by atoms with Gasteiger partial charge in [-0.05, 0) is 23.8 Å². The highest BCUT2D eigenvalue weighted by atomic mass is 79.9. The summed E-state index contributed by atoms with van der Waals surface area (Å²) in [6.07, 6.45) is 0.465. The molecule has 0 N–H and O–H groups in total. The van der Waals surface area contributed by atoms with Gasteiger partial charge in [0.1, 0.15) is 0 Å². The van der Waals surface area contributed by atoms with Gasteiger partial charge in [-0.15, -0.1) is 0 Å². The molecule has 0 spiro atoms. The quantitative estimate of drug-likeness (QED) is 0.839. The first-order chi connectivity index (χ1) is 10.7. The summed E-state index contributed by atoms with van der Waals surface area (Å²) in [5, 5.41) is 0. The van der Waals surface area contributed by atoms with Gasteiger partial charge in [-0.2, -0.15) is 0 Å². The van der Waals surface area contributed by atoms with Gasteiger partial charge in [-0.3, -0.25) is 4.79 Å². The minimum atomic E-state index is 0.208. The lowest BCUT2D eigenvalue weighted by atomic mass is 10.1. The Labute approximate surface area is 139 Å². The van der Waals surface area contributed by atoms with E-state index in [0.717, 1.165) is 36.2 Å². The fourth-order valence-electron chi connectivity index (χ4n) is 2.77. The average Bonchev–Trinajstić information content (AvgIpc) is 2.58. The van der Waals surface area contributed by atoms with Gasteiger partial charge < -0.3 is 9.80 Å². The summed E-state index contributed by atoms with van der Waals surface area (Å²) >= 11 is 3.51. The van der Waals surface area contributed by atoms with Gasteiger partial charge in [0.05, 0.1) is 6.42 Å². The number of hydrogen-bond donors (Lipinski definition) is 0. The maximum Gasteiger partial charge on any atom is 0.227 e. The van der Waals surface area contributed by atoms with E-state index in [-0.39, 0.29) is 5.91 Å². The van der Waals surface area contributed by atoms with Crippen molar-refractivity contribution in [3.8, 4) is 0 Å². The number of piperazine rings is 1. The summed E-state index contributed by atoms with van der Waals surface area (Å²) in [7, 11) is 0. The number of carbonyl (C=O) groups excluding carboxylic acids is 1. The molecule has 1 amide bonds. The molecule has 0 saturated carbocycles. The Morgan fingerprint density at radius 3 is 2.23 bits per heavy atom. The van der Waals surface area contributed by atoms with Gasteiger partial charge in [-0.1, -0.05) is 52.3 Å². The summed E-state index contributed by atoms with van der Waals surface area (Å²) in [5.41, 5.74) is 2.29. The molecule has 2 aromatic carbocycles. The van der Waals surface area contributed by atoms with Crippen molar-refractivity contribution >= 4 is 27.5 Å². The molecule has 114 valence electrons. The number of nitrogens with zero attached hydrogens (tertiary/aromatic N) is 2. The van der Waals surface area contributed by atoms with Crippen LogP contribution in [0.3, 0.4) is 0 Å². The lowest BCUT2D eigenvalue weighted by molar-refractivity contribution is -0.130. The van der Waals surface area contributed by atoms with Crippen molar-refractivity contribution in [2.45, 2.75) is 6.42 Å². The predicted octanol–water partition coefficient (Wildman–Crippen LogP) is 3.34. The molecule has 0 aromatic heterocycles. The minimum Gasteiger partial charge on any atom is -0.368 e. The molecule has 0 aliphatic carbocycles. The first-order valence-electron chi connectivity index (χ1n) is 7.55. The maximum atomic E-state index is 12.4. The molecule has 1 fully saturated rings. The first kappa shape index (κ1) is 15.1. The lowest BCUT2D eigenvalue weighted by Crippen LogP contribution is -2.49. The smallest absolute Gasteiger partial charge is 0.227 e. The number of hydrogen-bond acceptors (Lipinski definition) is 2. The van der Waals surface area contributed by atoms with Crippen LogP contribution in [0.15, 0.2) is 59.1 Å². The van der Waals surface area contributed by atoms with Crippen LogP contribution in [0.2, 0.25) is 0 Å². The van der Waals surface area contributed by atoms with E-state index in [9.17, 15) is 4.79 Å². The van der Waals surface area contributed by atoms with Gasteiger partial charge in [0.25, 0.3) is 0 Å². The van der Waals surface area contributed by atoms with E-state index in [2.05, 4.69) is 45.1 Å². The number of anilines is 1. The molecule has 0 unspecified atom stereocenters. The zero-order valence-electron chi connectivity index (χ0n) is 12.4. The van der Waals surface area contributed by atoms with Crippen molar-refractivity contribution in [2.24, 2.45) is 0 Å². The molecule has 1 saturated heterocycles. The second-order valence-electron chi connectivity index (χ2n) is 5.47. The Morgan fingerprint density at radius 2 is 1.55 bits per heavy atom. The molecule has 0 atom stereocenters. The zero-order valence-corrected chi connectivity index (χ0v) is 14.0. The van der Waals surface area contributed by atoms with Crippen LogP contribution in [0.5, 0.6) is 0 Å². The molecule has 22 heavy (non-hydrogen) atoms. The molecule has 2 aromatic rings. The SMILES string of the molecule is O=C(Cc1ccccc1Br)N1CCN(c2ccccc2)CC1. The highest BCUT2D eigenvalue weighted by Crippen LogP contribution is 2.19. The van der Waals surface area contributed by atoms with Gasteiger partial charge in [0.2, 0.25) is 5.91 Å². The molecular formula is C18H19BrN2O. The Balaban J connectivity index is 1.57. The predicted molar refractivity (Wildman–Crippen MR) is 93.1 cm³/mol. The highest BCUT2D eigenvalue weighted by molar-refractivity contribution is 9.10. The van der Waals surface area contributed by atoms with Crippen molar-refractivity contribution in [3.05, 3.63) is 64.6 Å². The molecule has 3 rings (SSSR count). The van der Waals surface area contributed by atoms with Crippen LogP contribution in [0.25, 0.3) is 0 Å².